The monoisotopic (exact) mass is 295 g/mol. The Kier molecular flexibility index (Phi) is 3.43. The minimum Gasteiger partial charge on any atom is -0.481 e. The standard InChI is InChI=1S/C12H14ClN5O2/c13-7-9-1-4-14-11-15-12(16-18(9)11)17-5-2-8(3-6-17)10(19)20/h1,4,8H,2-3,5-7H2,(H,19,20). The molecule has 0 bridgehead atoms. The number of anilines is 1. The van der Waals surface area contributed by atoms with Gasteiger partial charge in [-0.2, -0.15) is 9.50 Å². The first-order valence-corrected chi connectivity index (χ1v) is 6.97. The Morgan fingerprint density at radius 3 is 2.85 bits per heavy atom. The Balaban J connectivity index is 1.83. The van der Waals surface area contributed by atoms with Crippen LogP contribution in [0.15, 0.2) is 12.3 Å². The zero-order valence-electron chi connectivity index (χ0n) is 10.7. The first-order valence-electron chi connectivity index (χ1n) is 6.43. The molecule has 106 valence electrons. The fourth-order valence-corrected chi connectivity index (χ4v) is 2.59. The maximum absolute atomic E-state index is 10.9. The number of piperidine rings is 1. The largest absolute Gasteiger partial charge is 0.481 e. The van der Waals surface area contributed by atoms with E-state index in [4.69, 9.17) is 16.7 Å². The molecule has 3 heterocycles. The van der Waals surface area contributed by atoms with Crippen molar-refractivity contribution in [3.8, 4) is 0 Å². The molecule has 20 heavy (non-hydrogen) atoms. The molecule has 0 aliphatic carbocycles. The molecule has 0 atom stereocenters. The van der Waals surface area contributed by atoms with E-state index in [1.807, 2.05) is 4.90 Å². The van der Waals surface area contributed by atoms with Crippen molar-refractivity contribution < 1.29 is 9.90 Å². The van der Waals surface area contributed by atoms with Crippen molar-refractivity contribution in [2.24, 2.45) is 5.92 Å². The lowest BCUT2D eigenvalue weighted by Gasteiger charge is -2.28. The number of nitrogens with zero attached hydrogens (tertiary/aromatic N) is 5. The Hall–Kier alpha value is -1.89. The highest BCUT2D eigenvalue weighted by Gasteiger charge is 2.26. The molecule has 1 fully saturated rings. The number of alkyl halides is 1. The van der Waals surface area contributed by atoms with Gasteiger partial charge in [0, 0.05) is 19.3 Å². The van der Waals surface area contributed by atoms with Gasteiger partial charge in [-0.1, -0.05) is 0 Å². The second-order valence-corrected chi connectivity index (χ2v) is 5.06. The first kappa shape index (κ1) is 13.1. The van der Waals surface area contributed by atoms with Gasteiger partial charge in [0.25, 0.3) is 5.78 Å². The summed E-state index contributed by atoms with van der Waals surface area (Å²) >= 11 is 5.86. The highest BCUT2D eigenvalue weighted by Crippen LogP contribution is 2.21. The van der Waals surface area contributed by atoms with E-state index in [1.54, 1.807) is 16.8 Å². The van der Waals surface area contributed by atoms with Gasteiger partial charge in [-0.3, -0.25) is 4.79 Å². The van der Waals surface area contributed by atoms with Crippen molar-refractivity contribution in [2.75, 3.05) is 18.0 Å². The molecule has 1 aliphatic rings. The lowest BCUT2D eigenvalue weighted by molar-refractivity contribution is -0.142. The first-order chi connectivity index (χ1) is 9.69. The predicted octanol–water partition coefficient (Wildman–Crippen LogP) is 1.16. The molecule has 1 N–H and O–H groups in total. The van der Waals surface area contributed by atoms with Crippen LogP contribution >= 0.6 is 11.6 Å². The highest BCUT2D eigenvalue weighted by molar-refractivity contribution is 6.16. The molecule has 8 heteroatoms. The molecule has 1 saturated heterocycles. The summed E-state index contributed by atoms with van der Waals surface area (Å²) in [5.74, 6) is 0.444. The molecule has 0 spiro atoms. The Morgan fingerprint density at radius 1 is 1.45 bits per heavy atom. The molecule has 3 rings (SSSR count). The summed E-state index contributed by atoms with van der Waals surface area (Å²) < 4.78 is 1.63. The number of carboxylic acids is 1. The van der Waals surface area contributed by atoms with Crippen LogP contribution in [-0.4, -0.2) is 43.7 Å². The van der Waals surface area contributed by atoms with Gasteiger partial charge in [0.2, 0.25) is 5.95 Å². The lowest BCUT2D eigenvalue weighted by atomic mass is 9.97. The maximum Gasteiger partial charge on any atom is 0.306 e. The summed E-state index contributed by atoms with van der Waals surface area (Å²) in [7, 11) is 0. The van der Waals surface area contributed by atoms with E-state index in [2.05, 4.69) is 15.1 Å². The van der Waals surface area contributed by atoms with Crippen LogP contribution in [0.4, 0.5) is 5.95 Å². The average molecular weight is 296 g/mol. The van der Waals surface area contributed by atoms with Gasteiger partial charge >= 0.3 is 5.97 Å². The van der Waals surface area contributed by atoms with Gasteiger partial charge < -0.3 is 10.0 Å². The number of carbonyl (C=O) groups is 1. The van der Waals surface area contributed by atoms with Crippen molar-refractivity contribution in [3.05, 3.63) is 18.0 Å². The van der Waals surface area contributed by atoms with E-state index >= 15 is 0 Å². The van der Waals surface area contributed by atoms with Crippen LogP contribution in [0.25, 0.3) is 5.78 Å². The van der Waals surface area contributed by atoms with E-state index in [0.717, 1.165) is 5.69 Å². The molecule has 0 saturated carbocycles. The number of aromatic nitrogens is 4. The lowest BCUT2D eigenvalue weighted by Crippen LogP contribution is -2.36. The number of hydrogen-bond donors (Lipinski definition) is 1. The summed E-state index contributed by atoms with van der Waals surface area (Å²) in [5.41, 5.74) is 0.829. The third-order valence-electron chi connectivity index (χ3n) is 3.57. The van der Waals surface area contributed by atoms with Crippen LogP contribution in [0.1, 0.15) is 18.5 Å². The van der Waals surface area contributed by atoms with Crippen molar-refractivity contribution in [1.29, 1.82) is 0 Å². The molecule has 0 radical (unpaired) electrons. The zero-order valence-corrected chi connectivity index (χ0v) is 11.5. The summed E-state index contributed by atoms with van der Waals surface area (Å²) in [5, 5.41) is 13.4. The highest BCUT2D eigenvalue weighted by atomic mass is 35.5. The van der Waals surface area contributed by atoms with Crippen molar-refractivity contribution >= 4 is 29.3 Å². The third-order valence-corrected chi connectivity index (χ3v) is 3.85. The summed E-state index contributed by atoms with van der Waals surface area (Å²) in [6.07, 6.45) is 2.88. The third kappa shape index (κ3) is 2.29. The number of rotatable bonds is 3. The van der Waals surface area contributed by atoms with Crippen molar-refractivity contribution in [1.82, 2.24) is 19.6 Å². The van der Waals surface area contributed by atoms with Gasteiger partial charge in [0.15, 0.2) is 0 Å². The molecular weight excluding hydrogens is 282 g/mol. The maximum atomic E-state index is 10.9. The molecular formula is C12H14ClN5O2. The molecule has 0 amide bonds. The molecule has 0 aromatic carbocycles. The summed E-state index contributed by atoms with van der Waals surface area (Å²) in [6.45, 7) is 1.29. The van der Waals surface area contributed by atoms with E-state index in [9.17, 15) is 4.79 Å². The van der Waals surface area contributed by atoms with E-state index in [-0.39, 0.29) is 5.92 Å². The number of aliphatic carboxylic acids is 1. The smallest absolute Gasteiger partial charge is 0.306 e. The Bertz CT molecular complexity index is 636. The molecule has 2 aromatic rings. The minimum absolute atomic E-state index is 0.264. The minimum atomic E-state index is -0.723. The number of hydrogen-bond acceptors (Lipinski definition) is 5. The van der Waals surface area contributed by atoms with Crippen LogP contribution in [-0.2, 0) is 10.7 Å². The average Bonchev–Trinajstić information content (AvgIpc) is 2.91. The van der Waals surface area contributed by atoms with E-state index < -0.39 is 5.97 Å². The number of halogens is 1. The Labute approximate surface area is 120 Å². The summed E-state index contributed by atoms with van der Waals surface area (Å²) in [4.78, 5) is 21.5. The SMILES string of the molecule is O=C(O)C1CCN(c2nc3nccc(CCl)n3n2)CC1. The fourth-order valence-electron chi connectivity index (χ4n) is 2.39. The topological polar surface area (TPSA) is 83.6 Å². The molecule has 1 aliphatic heterocycles. The quantitative estimate of drug-likeness (QED) is 0.856. The fraction of sp³-hybridized carbons (Fsp3) is 0.500. The second-order valence-electron chi connectivity index (χ2n) is 4.79. The van der Waals surface area contributed by atoms with Crippen molar-refractivity contribution in [2.45, 2.75) is 18.7 Å². The van der Waals surface area contributed by atoms with E-state index in [0.29, 0.717) is 43.5 Å². The summed E-state index contributed by atoms with van der Waals surface area (Å²) in [6, 6.07) is 1.80. The van der Waals surface area contributed by atoms with Gasteiger partial charge in [-0.25, -0.2) is 4.98 Å². The second kappa shape index (κ2) is 5.24. The predicted molar refractivity (Wildman–Crippen MR) is 72.9 cm³/mol. The number of fused-ring (bicyclic) bond motifs is 1. The van der Waals surface area contributed by atoms with Gasteiger partial charge in [0.1, 0.15) is 0 Å². The van der Waals surface area contributed by atoms with Gasteiger partial charge in [-0.15, -0.1) is 16.7 Å². The molecule has 0 unspecified atom stereocenters. The van der Waals surface area contributed by atoms with Crippen LogP contribution in [0.5, 0.6) is 0 Å². The normalized spacial score (nSPS) is 16.8. The molecule has 2 aromatic heterocycles. The molecule has 7 nitrogen and oxygen atoms in total. The van der Waals surface area contributed by atoms with Crippen LogP contribution in [0.3, 0.4) is 0 Å². The van der Waals surface area contributed by atoms with Crippen LogP contribution in [0.2, 0.25) is 0 Å². The van der Waals surface area contributed by atoms with Crippen LogP contribution in [0, 0.1) is 5.92 Å². The van der Waals surface area contributed by atoms with Gasteiger partial charge in [0.05, 0.1) is 17.5 Å². The van der Waals surface area contributed by atoms with Gasteiger partial charge in [-0.05, 0) is 18.9 Å². The Morgan fingerprint density at radius 2 is 2.20 bits per heavy atom. The van der Waals surface area contributed by atoms with Crippen molar-refractivity contribution in [3.63, 3.8) is 0 Å². The zero-order chi connectivity index (χ0) is 14.1. The number of carboxylic acid groups (broad SMARTS) is 1. The van der Waals surface area contributed by atoms with Crippen LogP contribution < -0.4 is 4.90 Å². The van der Waals surface area contributed by atoms with E-state index in [1.165, 1.54) is 0 Å².